The van der Waals surface area contributed by atoms with Gasteiger partial charge in [-0.3, -0.25) is 4.79 Å². The largest absolute Gasteiger partial charge is 0.488 e. The number of aryl methyl sites for hydroxylation is 2. The van der Waals surface area contributed by atoms with Crippen molar-refractivity contribution in [1.29, 1.82) is 0 Å². The lowest BCUT2D eigenvalue weighted by molar-refractivity contribution is 0.102. The van der Waals surface area contributed by atoms with Crippen LogP contribution < -0.4 is 15.0 Å². The minimum atomic E-state index is -0.247. The molecule has 31 heavy (non-hydrogen) atoms. The fourth-order valence-electron chi connectivity index (χ4n) is 3.52. The van der Waals surface area contributed by atoms with E-state index in [2.05, 4.69) is 32.3 Å². The Kier molecular flexibility index (Phi) is 6.18. The first-order chi connectivity index (χ1) is 15.0. The number of pyridine rings is 1. The van der Waals surface area contributed by atoms with Crippen molar-refractivity contribution in [3.05, 3.63) is 65.2 Å². The van der Waals surface area contributed by atoms with Gasteiger partial charge in [0, 0.05) is 26.2 Å². The van der Waals surface area contributed by atoms with Crippen molar-refractivity contribution in [2.45, 2.75) is 20.5 Å². The van der Waals surface area contributed by atoms with Gasteiger partial charge in [-0.05, 0) is 45.2 Å². The molecular weight excluding hydrogens is 394 g/mol. The maximum absolute atomic E-state index is 12.9. The fraction of sp³-hybridized carbons (Fsp3) is 0.348. The third-order valence-electron chi connectivity index (χ3n) is 5.52. The molecule has 0 unspecified atom stereocenters. The van der Waals surface area contributed by atoms with Gasteiger partial charge in [-0.2, -0.15) is 0 Å². The molecule has 0 atom stereocenters. The van der Waals surface area contributed by atoms with Gasteiger partial charge >= 0.3 is 0 Å². The van der Waals surface area contributed by atoms with E-state index < -0.39 is 0 Å². The van der Waals surface area contributed by atoms with Crippen LogP contribution in [0.15, 0.2) is 47.1 Å². The van der Waals surface area contributed by atoms with Crippen molar-refractivity contribution in [3.63, 3.8) is 0 Å². The molecule has 0 aliphatic carbocycles. The molecule has 162 valence electrons. The van der Waals surface area contributed by atoms with Crippen molar-refractivity contribution in [2.24, 2.45) is 0 Å². The molecule has 0 saturated carbocycles. The second-order valence-electron chi connectivity index (χ2n) is 7.74. The molecule has 1 aromatic carbocycles. The van der Waals surface area contributed by atoms with E-state index in [1.54, 1.807) is 18.3 Å². The van der Waals surface area contributed by atoms with Crippen LogP contribution in [0.5, 0.6) is 5.75 Å². The summed E-state index contributed by atoms with van der Waals surface area (Å²) < 4.78 is 11.1. The van der Waals surface area contributed by atoms with E-state index in [4.69, 9.17) is 9.26 Å². The smallest absolute Gasteiger partial charge is 0.259 e. The minimum Gasteiger partial charge on any atom is -0.488 e. The summed E-state index contributed by atoms with van der Waals surface area (Å²) in [5.74, 6) is 1.89. The summed E-state index contributed by atoms with van der Waals surface area (Å²) in [4.78, 5) is 22.0. The van der Waals surface area contributed by atoms with Crippen molar-refractivity contribution in [3.8, 4) is 5.75 Å². The van der Waals surface area contributed by atoms with Crippen LogP contribution in [0.3, 0.4) is 0 Å². The number of anilines is 2. The Balaban J connectivity index is 1.42. The number of hydrogen-bond donors (Lipinski definition) is 1. The predicted molar refractivity (Wildman–Crippen MR) is 119 cm³/mol. The molecule has 1 aliphatic heterocycles. The lowest BCUT2D eigenvalue weighted by Crippen LogP contribution is -2.44. The van der Waals surface area contributed by atoms with Gasteiger partial charge in [-0.1, -0.05) is 17.3 Å². The van der Waals surface area contributed by atoms with Gasteiger partial charge in [0.25, 0.3) is 5.91 Å². The van der Waals surface area contributed by atoms with Gasteiger partial charge < -0.3 is 24.4 Å². The Bertz CT molecular complexity index is 1020. The molecule has 0 bridgehead atoms. The monoisotopic (exact) mass is 421 g/mol. The molecule has 1 fully saturated rings. The molecule has 1 saturated heterocycles. The lowest BCUT2D eigenvalue weighted by atomic mass is 10.1. The van der Waals surface area contributed by atoms with Crippen LogP contribution in [0, 0.1) is 13.8 Å². The number of carbonyl (C=O) groups excluding carboxylic acids is 1. The fourth-order valence-corrected chi connectivity index (χ4v) is 3.52. The second kappa shape index (κ2) is 9.18. The van der Waals surface area contributed by atoms with Crippen molar-refractivity contribution in [1.82, 2.24) is 15.0 Å². The number of piperazine rings is 1. The molecule has 8 heteroatoms. The van der Waals surface area contributed by atoms with E-state index in [1.165, 1.54) is 0 Å². The molecular formula is C23H27N5O3. The van der Waals surface area contributed by atoms with Crippen LogP contribution >= 0.6 is 0 Å². The molecule has 8 nitrogen and oxygen atoms in total. The topological polar surface area (TPSA) is 83.7 Å². The Morgan fingerprint density at radius 2 is 1.90 bits per heavy atom. The average molecular weight is 422 g/mol. The second-order valence-corrected chi connectivity index (χ2v) is 7.74. The van der Waals surface area contributed by atoms with E-state index in [0.29, 0.717) is 22.8 Å². The molecule has 3 aromatic rings. The van der Waals surface area contributed by atoms with Gasteiger partial charge in [0.05, 0.1) is 28.7 Å². The maximum atomic E-state index is 12.9. The van der Waals surface area contributed by atoms with Gasteiger partial charge in [0.1, 0.15) is 23.9 Å². The Labute approximate surface area is 181 Å². The summed E-state index contributed by atoms with van der Waals surface area (Å²) >= 11 is 0. The highest BCUT2D eigenvalue weighted by molar-refractivity contribution is 6.06. The molecule has 4 rings (SSSR count). The highest BCUT2D eigenvalue weighted by atomic mass is 16.5. The zero-order chi connectivity index (χ0) is 21.8. The lowest BCUT2D eigenvalue weighted by Gasteiger charge is -2.33. The summed E-state index contributed by atoms with van der Waals surface area (Å²) in [6.07, 6.45) is 1.69. The number of para-hydroxylation sites is 1. The van der Waals surface area contributed by atoms with Crippen molar-refractivity contribution >= 4 is 17.4 Å². The summed E-state index contributed by atoms with van der Waals surface area (Å²) in [6, 6.07) is 11.0. The van der Waals surface area contributed by atoms with E-state index in [-0.39, 0.29) is 12.5 Å². The van der Waals surface area contributed by atoms with Crippen LogP contribution in [0.1, 0.15) is 27.4 Å². The zero-order valence-corrected chi connectivity index (χ0v) is 18.1. The summed E-state index contributed by atoms with van der Waals surface area (Å²) in [5, 5.41) is 6.85. The van der Waals surface area contributed by atoms with E-state index in [9.17, 15) is 4.79 Å². The Morgan fingerprint density at radius 1 is 1.13 bits per heavy atom. The summed E-state index contributed by atoms with van der Waals surface area (Å²) in [5.41, 5.74) is 2.77. The maximum Gasteiger partial charge on any atom is 0.259 e. The van der Waals surface area contributed by atoms with Crippen LogP contribution in [0.4, 0.5) is 11.5 Å². The quantitative estimate of drug-likeness (QED) is 0.654. The number of benzene rings is 1. The summed E-state index contributed by atoms with van der Waals surface area (Å²) in [6.45, 7) is 7.93. The third-order valence-corrected chi connectivity index (χ3v) is 5.52. The van der Waals surface area contributed by atoms with Crippen molar-refractivity contribution in [2.75, 3.05) is 43.4 Å². The number of likely N-dealkylation sites (N-methyl/N-ethyl adjacent to an activating group) is 1. The number of aromatic nitrogens is 2. The number of rotatable bonds is 6. The van der Waals surface area contributed by atoms with Crippen LogP contribution in [-0.4, -0.2) is 54.2 Å². The van der Waals surface area contributed by atoms with Gasteiger partial charge in [0.2, 0.25) is 0 Å². The van der Waals surface area contributed by atoms with Gasteiger partial charge in [0.15, 0.2) is 0 Å². The zero-order valence-electron chi connectivity index (χ0n) is 18.1. The minimum absolute atomic E-state index is 0.247. The Hall–Kier alpha value is -3.39. The van der Waals surface area contributed by atoms with E-state index >= 15 is 0 Å². The van der Waals surface area contributed by atoms with Crippen molar-refractivity contribution < 1.29 is 14.1 Å². The number of nitrogens with one attached hydrogen (secondary N) is 1. The molecule has 3 heterocycles. The summed E-state index contributed by atoms with van der Waals surface area (Å²) in [7, 11) is 2.12. The number of ether oxygens (including phenoxy) is 1. The molecule has 0 spiro atoms. The number of carbonyl (C=O) groups is 1. The van der Waals surface area contributed by atoms with Crippen LogP contribution in [0.25, 0.3) is 0 Å². The van der Waals surface area contributed by atoms with Gasteiger partial charge in [-0.15, -0.1) is 0 Å². The molecule has 1 N–H and O–H groups in total. The van der Waals surface area contributed by atoms with Gasteiger partial charge in [-0.25, -0.2) is 4.98 Å². The van der Waals surface area contributed by atoms with Crippen LogP contribution in [0.2, 0.25) is 0 Å². The number of nitrogens with zero attached hydrogens (tertiary/aromatic N) is 4. The molecule has 0 radical (unpaired) electrons. The highest BCUT2D eigenvalue weighted by Gasteiger charge is 2.17. The first-order valence-corrected chi connectivity index (χ1v) is 10.4. The predicted octanol–water partition coefficient (Wildman–Crippen LogP) is 3.27. The number of amides is 1. The van der Waals surface area contributed by atoms with E-state index in [0.717, 1.165) is 43.3 Å². The molecule has 1 amide bonds. The normalized spacial score (nSPS) is 14.5. The first-order valence-electron chi connectivity index (χ1n) is 10.4. The van der Waals surface area contributed by atoms with E-state index in [1.807, 2.05) is 38.1 Å². The highest BCUT2D eigenvalue weighted by Crippen LogP contribution is 2.23. The molecule has 2 aromatic heterocycles. The first kappa shape index (κ1) is 20.9. The SMILES string of the molecule is Cc1noc(C)c1COc1ccccc1C(=O)Nc1ccc(N2CCN(C)CC2)nc1. The standard InChI is InChI=1S/C23H27N5O3/c1-16-20(17(2)31-26-16)15-30-21-7-5-4-6-19(21)23(29)25-18-8-9-22(24-14-18)28-12-10-27(3)11-13-28/h4-9,14H,10-13,15H2,1-3H3,(H,25,29). The third kappa shape index (κ3) is 4.86. The number of hydrogen-bond acceptors (Lipinski definition) is 7. The average Bonchev–Trinajstić information content (AvgIpc) is 3.11. The van der Waals surface area contributed by atoms with Crippen LogP contribution in [-0.2, 0) is 6.61 Å². The Morgan fingerprint density at radius 3 is 2.58 bits per heavy atom. The molecule has 1 aliphatic rings.